The van der Waals surface area contributed by atoms with Gasteiger partial charge in [-0.3, -0.25) is 4.90 Å². The number of hydrogen-bond donors (Lipinski definition) is 2. The van der Waals surface area contributed by atoms with Crippen LogP contribution in [0.1, 0.15) is 0 Å². The summed E-state index contributed by atoms with van der Waals surface area (Å²) in [4.78, 5) is 14.1. The number of halogens is 2. The average Bonchev–Trinajstić information content (AvgIpc) is 3.12. The minimum Gasteiger partial charge on any atom is -0.490 e. The van der Waals surface area contributed by atoms with Gasteiger partial charge in [-0.15, -0.1) is 0 Å². The van der Waals surface area contributed by atoms with Gasteiger partial charge in [-0.05, 0) is 18.2 Å². The fourth-order valence-electron chi connectivity index (χ4n) is 2.98. The molecule has 0 unspecified atom stereocenters. The molecular formula is C18H19Cl2N5O2. The number of imidazole rings is 1. The van der Waals surface area contributed by atoms with Crippen molar-refractivity contribution >= 4 is 40.1 Å². The molecule has 3 aromatic rings. The highest BCUT2D eigenvalue weighted by Gasteiger charge is 2.14. The van der Waals surface area contributed by atoms with E-state index in [1.807, 2.05) is 18.2 Å². The molecule has 7 nitrogen and oxygen atoms in total. The fourth-order valence-corrected chi connectivity index (χ4v) is 3.30. The third-order valence-corrected chi connectivity index (χ3v) is 5.24. The minimum atomic E-state index is 0.378. The van der Waals surface area contributed by atoms with Gasteiger partial charge in [0.15, 0.2) is 5.65 Å². The van der Waals surface area contributed by atoms with Crippen LogP contribution in [0.25, 0.3) is 22.6 Å². The summed E-state index contributed by atoms with van der Waals surface area (Å²) in [6, 6.07) is 5.56. The molecule has 27 heavy (non-hydrogen) atoms. The molecule has 1 aromatic carbocycles. The lowest BCUT2D eigenvalue weighted by Crippen LogP contribution is -2.38. The average molecular weight is 408 g/mol. The summed E-state index contributed by atoms with van der Waals surface area (Å²) >= 11 is 12.2. The van der Waals surface area contributed by atoms with E-state index in [4.69, 9.17) is 38.4 Å². The van der Waals surface area contributed by atoms with Crippen LogP contribution in [0.4, 0.5) is 5.69 Å². The number of aromatic nitrogens is 3. The Kier molecular flexibility index (Phi) is 5.36. The number of pyridine rings is 1. The second-order valence-electron chi connectivity index (χ2n) is 6.26. The van der Waals surface area contributed by atoms with Gasteiger partial charge >= 0.3 is 0 Å². The summed E-state index contributed by atoms with van der Waals surface area (Å²) in [6.07, 6.45) is 1.48. The first-order valence-corrected chi connectivity index (χ1v) is 9.40. The summed E-state index contributed by atoms with van der Waals surface area (Å²) in [5.41, 5.74) is 8.63. The molecule has 0 aliphatic carbocycles. The number of H-pyrrole nitrogens is 1. The van der Waals surface area contributed by atoms with Crippen LogP contribution in [0.2, 0.25) is 10.0 Å². The van der Waals surface area contributed by atoms with E-state index in [-0.39, 0.29) is 0 Å². The van der Waals surface area contributed by atoms with E-state index in [9.17, 15) is 0 Å². The third-order valence-electron chi connectivity index (χ3n) is 4.47. The number of nitrogens with zero attached hydrogens (tertiary/aromatic N) is 3. The van der Waals surface area contributed by atoms with E-state index in [0.717, 1.165) is 38.4 Å². The number of benzene rings is 1. The van der Waals surface area contributed by atoms with Crippen molar-refractivity contribution in [3.05, 3.63) is 34.4 Å². The van der Waals surface area contributed by atoms with Crippen molar-refractivity contribution in [2.75, 3.05) is 45.2 Å². The molecule has 1 saturated heterocycles. The molecule has 3 N–H and O–H groups in total. The largest absolute Gasteiger partial charge is 0.490 e. The van der Waals surface area contributed by atoms with Crippen molar-refractivity contribution in [2.24, 2.45) is 0 Å². The second kappa shape index (κ2) is 7.90. The highest BCUT2D eigenvalue weighted by molar-refractivity contribution is 6.44. The quantitative estimate of drug-likeness (QED) is 0.631. The van der Waals surface area contributed by atoms with Gasteiger partial charge in [-0.1, -0.05) is 23.2 Å². The van der Waals surface area contributed by atoms with E-state index in [0.29, 0.717) is 45.1 Å². The molecule has 0 bridgehead atoms. The number of morpholine rings is 1. The van der Waals surface area contributed by atoms with Crippen LogP contribution in [-0.4, -0.2) is 59.3 Å². The van der Waals surface area contributed by atoms with Crippen molar-refractivity contribution in [1.29, 1.82) is 0 Å². The predicted molar refractivity (Wildman–Crippen MR) is 107 cm³/mol. The van der Waals surface area contributed by atoms with E-state index >= 15 is 0 Å². The summed E-state index contributed by atoms with van der Waals surface area (Å²) in [7, 11) is 0. The summed E-state index contributed by atoms with van der Waals surface area (Å²) in [6.45, 7) is 4.84. The Morgan fingerprint density at radius 3 is 2.85 bits per heavy atom. The zero-order chi connectivity index (χ0) is 18.8. The van der Waals surface area contributed by atoms with E-state index < -0.39 is 0 Å². The van der Waals surface area contributed by atoms with Gasteiger partial charge in [0, 0.05) is 31.4 Å². The number of anilines is 1. The number of ether oxygens (including phenoxy) is 2. The van der Waals surface area contributed by atoms with Gasteiger partial charge < -0.3 is 20.2 Å². The number of aromatic amines is 1. The first-order valence-electron chi connectivity index (χ1n) is 8.64. The molecule has 9 heteroatoms. The Labute approximate surface area is 166 Å². The summed E-state index contributed by atoms with van der Waals surface area (Å²) < 4.78 is 11.2. The normalized spacial score (nSPS) is 15.3. The number of hydrogen-bond acceptors (Lipinski definition) is 6. The molecule has 142 valence electrons. The molecule has 1 aliphatic rings. The molecule has 0 amide bonds. The zero-order valence-electron chi connectivity index (χ0n) is 14.5. The second-order valence-corrected chi connectivity index (χ2v) is 7.04. The van der Waals surface area contributed by atoms with Crippen LogP contribution in [0.5, 0.6) is 5.75 Å². The lowest BCUT2D eigenvalue weighted by atomic mass is 10.2. The Balaban J connectivity index is 1.47. The van der Waals surface area contributed by atoms with Crippen molar-refractivity contribution < 1.29 is 9.47 Å². The van der Waals surface area contributed by atoms with Gasteiger partial charge in [0.1, 0.15) is 23.7 Å². The van der Waals surface area contributed by atoms with Crippen molar-refractivity contribution in [1.82, 2.24) is 19.9 Å². The first-order chi connectivity index (χ1) is 13.1. The van der Waals surface area contributed by atoms with Gasteiger partial charge in [0.25, 0.3) is 0 Å². The molecular weight excluding hydrogens is 389 g/mol. The first kappa shape index (κ1) is 18.3. The minimum absolute atomic E-state index is 0.378. The van der Waals surface area contributed by atoms with Crippen LogP contribution in [0.3, 0.4) is 0 Å². The highest BCUT2D eigenvalue weighted by Crippen LogP contribution is 2.32. The SMILES string of the molecule is Nc1cc(-c2nc3ncc(Cl)c(Cl)c3[nH]2)ccc1OCCN1CCOCC1. The van der Waals surface area contributed by atoms with Crippen molar-refractivity contribution in [3.63, 3.8) is 0 Å². The van der Waals surface area contributed by atoms with Crippen LogP contribution < -0.4 is 10.5 Å². The third kappa shape index (κ3) is 3.96. The molecule has 0 radical (unpaired) electrons. The van der Waals surface area contributed by atoms with Gasteiger partial charge in [-0.25, -0.2) is 9.97 Å². The van der Waals surface area contributed by atoms with Gasteiger partial charge in [0.05, 0.1) is 28.9 Å². The highest BCUT2D eigenvalue weighted by atomic mass is 35.5. The maximum Gasteiger partial charge on any atom is 0.179 e. The van der Waals surface area contributed by atoms with E-state index in [2.05, 4.69) is 19.9 Å². The lowest BCUT2D eigenvalue weighted by molar-refractivity contribution is 0.0323. The molecule has 1 fully saturated rings. The molecule has 0 saturated carbocycles. The zero-order valence-corrected chi connectivity index (χ0v) is 16.1. The fraction of sp³-hybridized carbons (Fsp3) is 0.333. The van der Waals surface area contributed by atoms with E-state index in [1.54, 1.807) is 0 Å². The molecule has 2 aromatic heterocycles. The summed E-state index contributed by atoms with van der Waals surface area (Å²) in [5, 5.41) is 0.777. The number of nitrogens with two attached hydrogens (primary N) is 1. The number of nitrogen functional groups attached to an aromatic ring is 1. The van der Waals surface area contributed by atoms with E-state index in [1.165, 1.54) is 6.20 Å². The van der Waals surface area contributed by atoms with Crippen LogP contribution in [0, 0.1) is 0 Å². The molecule has 1 aliphatic heterocycles. The van der Waals surface area contributed by atoms with Crippen LogP contribution in [0.15, 0.2) is 24.4 Å². The Morgan fingerprint density at radius 1 is 1.26 bits per heavy atom. The number of fused-ring (bicyclic) bond motifs is 1. The van der Waals surface area contributed by atoms with Crippen molar-refractivity contribution in [3.8, 4) is 17.1 Å². The Bertz CT molecular complexity index is 956. The Hall–Kier alpha value is -2.06. The monoisotopic (exact) mass is 407 g/mol. The Morgan fingerprint density at radius 2 is 2.07 bits per heavy atom. The molecule has 3 heterocycles. The van der Waals surface area contributed by atoms with Crippen molar-refractivity contribution in [2.45, 2.75) is 0 Å². The summed E-state index contributed by atoms with van der Waals surface area (Å²) in [5.74, 6) is 1.27. The van der Waals surface area contributed by atoms with Gasteiger partial charge in [0.2, 0.25) is 0 Å². The number of rotatable bonds is 5. The van der Waals surface area contributed by atoms with Gasteiger partial charge in [-0.2, -0.15) is 0 Å². The lowest BCUT2D eigenvalue weighted by Gasteiger charge is -2.26. The molecule has 0 spiro atoms. The smallest absolute Gasteiger partial charge is 0.179 e. The maximum atomic E-state index is 6.20. The molecule has 0 atom stereocenters. The predicted octanol–water partition coefficient (Wildman–Crippen LogP) is 3.22. The van der Waals surface area contributed by atoms with Crippen LogP contribution in [-0.2, 0) is 4.74 Å². The molecule has 4 rings (SSSR count). The topological polar surface area (TPSA) is 89.3 Å². The maximum absolute atomic E-state index is 6.20. The van der Waals surface area contributed by atoms with Crippen LogP contribution >= 0.6 is 23.2 Å². The number of nitrogens with one attached hydrogen (secondary N) is 1. The standard InChI is InChI=1S/C18H19Cl2N5O2/c19-12-10-22-18-16(15(12)20)23-17(24-18)11-1-2-14(13(21)9-11)27-8-5-25-3-6-26-7-4-25/h1-2,9-10H,3-8,21H2,(H,22,23,24).